The Morgan fingerprint density at radius 3 is 3.14 bits per heavy atom. The van der Waals surface area contributed by atoms with Gasteiger partial charge in [-0.2, -0.15) is 0 Å². The van der Waals surface area contributed by atoms with Gasteiger partial charge in [-0.25, -0.2) is 0 Å². The lowest BCUT2D eigenvalue weighted by molar-refractivity contribution is -0.133. The average molecular weight is 405 g/mol. The van der Waals surface area contributed by atoms with E-state index >= 15 is 0 Å². The maximum Gasteiger partial charge on any atom is 0.248 e. The SMILES string of the molecule is CCC1=C(N[C@H]2CCN(C(=O)CO)C2)NC(=C2C=NC3NC=C(Cl)C=C23)NC1. The number of halogens is 1. The van der Waals surface area contributed by atoms with E-state index in [4.69, 9.17) is 16.7 Å². The van der Waals surface area contributed by atoms with Crippen molar-refractivity contribution in [3.05, 3.63) is 45.7 Å². The van der Waals surface area contributed by atoms with Gasteiger partial charge in [-0.15, -0.1) is 0 Å². The molecule has 1 unspecified atom stereocenters. The molecule has 0 aromatic rings. The minimum atomic E-state index is -0.436. The van der Waals surface area contributed by atoms with Crippen LogP contribution in [0.3, 0.4) is 0 Å². The van der Waals surface area contributed by atoms with E-state index in [0.29, 0.717) is 18.1 Å². The molecule has 9 heteroatoms. The van der Waals surface area contributed by atoms with Crippen LogP contribution in [0, 0.1) is 0 Å². The van der Waals surface area contributed by atoms with Crippen molar-refractivity contribution in [3.8, 4) is 0 Å². The molecule has 4 aliphatic rings. The number of hydrogen-bond acceptors (Lipinski definition) is 7. The van der Waals surface area contributed by atoms with Crippen LogP contribution in [0.25, 0.3) is 0 Å². The first-order chi connectivity index (χ1) is 13.6. The van der Waals surface area contributed by atoms with Crippen LogP contribution in [-0.2, 0) is 4.79 Å². The van der Waals surface area contributed by atoms with Crippen LogP contribution in [0.4, 0.5) is 0 Å². The number of carbonyl (C=O) groups is 1. The molecule has 150 valence electrons. The Kier molecular flexibility index (Phi) is 5.32. The Morgan fingerprint density at radius 1 is 1.50 bits per heavy atom. The summed E-state index contributed by atoms with van der Waals surface area (Å²) in [6.07, 6.45) is 7.20. The van der Waals surface area contributed by atoms with Crippen molar-refractivity contribution < 1.29 is 9.90 Å². The molecular formula is C19H25ClN6O2. The molecule has 8 nitrogen and oxygen atoms in total. The summed E-state index contributed by atoms with van der Waals surface area (Å²) in [5.41, 5.74) is 3.26. The second-order valence-corrected chi connectivity index (χ2v) is 7.64. The largest absolute Gasteiger partial charge is 0.387 e. The summed E-state index contributed by atoms with van der Waals surface area (Å²) in [7, 11) is 0. The molecular weight excluding hydrogens is 380 g/mol. The highest BCUT2D eigenvalue weighted by atomic mass is 35.5. The molecule has 0 saturated carbocycles. The first-order valence-electron chi connectivity index (χ1n) is 9.58. The Bertz CT molecular complexity index is 828. The summed E-state index contributed by atoms with van der Waals surface area (Å²) in [5, 5.41) is 23.4. The molecule has 5 N–H and O–H groups in total. The van der Waals surface area contributed by atoms with Crippen LogP contribution in [0.15, 0.2) is 50.7 Å². The Balaban J connectivity index is 1.52. The second kappa shape index (κ2) is 7.89. The first kappa shape index (κ1) is 18.9. The molecule has 28 heavy (non-hydrogen) atoms. The standard InChI is InChI=1S/C19H25ClN6O2/c1-2-11-6-21-19(15-8-23-18-14(15)5-12(20)7-22-18)25-17(11)24-13-3-4-26(9-13)16(28)10-27/h5,7-8,13,18,21-22,24-25,27H,2-4,6,9-10H2,1H3/t13-,18?/m0/s1. The molecule has 0 bridgehead atoms. The number of nitrogens with one attached hydrogen (secondary N) is 4. The van der Waals surface area contributed by atoms with Gasteiger partial charge in [0.1, 0.15) is 24.4 Å². The zero-order chi connectivity index (χ0) is 19.7. The Labute approximate surface area is 169 Å². The Morgan fingerprint density at radius 2 is 2.36 bits per heavy atom. The summed E-state index contributed by atoms with van der Waals surface area (Å²) in [4.78, 5) is 17.9. The van der Waals surface area contributed by atoms with Crippen molar-refractivity contribution in [1.82, 2.24) is 26.2 Å². The number of aliphatic hydroxyl groups excluding tert-OH is 1. The van der Waals surface area contributed by atoms with Gasteiger partial charge >= 0.3 is 0 Å². The summed E-state index contributed by atoms with van der Waals surface area (Å²) < 4.78 is 0. The van der Waals surface area contributed by atoms with Crippen molar-refractivity contribution in [3.63, 3.8) is 0 Å². The van der Waals surface area contributed by atoms with Crippen LogP contribution in [0.2, 0.25) is 0 Å². The third kappa shape index (κ3) is 3.62. The molecule has 2 atom stereocenters. The topological polar surface area (TPSA) is 101 Å². The lowest BCUT2D eigenvalue weighted by atomic mass is 10.0. The van der Waals surface area contributed by atoms with Gasteiger partial charge in [-0.3, -0.25) is 9.79 Å². The lowest BCUT2D eigenvalue weighted by Gasteiger charge is -2.30. The third-order valence-electron chi connectivity index (χ3n) is 5.43. The van der Waals surface area contributed by atoms with Gasteiger partial charge in [-0.05, 0) is 24.5 Å². The van der Waals surface area contributed by atoms with Gasteiger partial charge in [0.2, 0.25) is 5.91 Å². The highest BCUT2D eigenvalue weighted by Crippen LogP contribution is 2.28. The van der Waals surface area contributed by atoms with E-state index in [-0.39, 0.29) is 18.1 Å². The van der Waals surface area contributed by atoms with Crippen LogP contribution in [0.5, 0.6) is 0 Å². The lowest BCUT2D eigenvalue weighted by Crippen LogP contribution is -2.45. The molecule has 0 aromatic carbocycles. The van der Waals surface area contributed by atoms with Gasteiger partial charge in [0, 0.05) is 49.2 Å². The number of dihydropyridines is 1. The van der Waals surface area contributed by atoms with E-state index < -0.39 is 6.61 Å². The zero-order valence-electron chi connectivity index (χ0n) is 15.8. The van der Waals surface area contributed by atoms with Gasteiger partial charge in [0.05, 0.1) is 5.03 Å². The molecule has 0 aromatic heterocycles. The number of carbonyl (C=O) groups excluding carboxylic acids is 1. The first-order valence-corrected chi connectivity index (χ1v) is 9.96. The monoisotopic (exact) mass is 404 g/mol. The van der Waals surface area contributed by atoms with Crippen molar-refractivity contribution in [1.29, 1.82) is 0 Å². The molecule has 4 rings (SSSR count). The molecule has 4 aliphatic heterocycles. The van der Waals surface area contributed by atoms with Crippen molar-refractivity contribution in [2.24, 2.45) is 4.99 Å². The number of nitrogens with zero attached hydrogens (tertiary/aromatic N) is 2. The molecule has 0 aliphatic carbocycles. The van der Waals surface area contributed by atoms with Crippen molar-refractivity contribution in [2.75, 3.05) is 26.2 Å². The summed E-state index contributed by atoms with van der Waals surface area (Å²) in [6.45, 7) is 3.68. The molecule has 4 heterocycles. The number of hydrogen-bond donors (Lipinski definition) is 5. The molecule has 1 amide bonds. The van der Waals surface area contributed by atoms with Crippen LogP contribution in [-0.4, -0.2) is 60.6 Å². The number of aliphatic imine (C=N–C) groups is 1. The van der Waals surface area contributed by atoms with E-state index in [2.05, 4.69) is 33.2 Å². The number of aliphatic hydroxyl groups is 1. The summed E-state index contributed by atoms with van der Waals surface area (Å²) in [6, 6.07) is 0.154. The number of likely N-dealkylation sites (tertiary alicyclic amines) is 1. The van der Waals surface area contributed by atoms with Crippen molar-refractivity contribution >= 4 is 23.7 Å². The van der Waals surface area contributed by atoms with Gasteiger partial charge < -0.3 is 31.3 Å². The fraction of sp³-hybridized carbons (Fsp3) is 0.474. The van der Waals surface area contributed by atoms with Gasteiger partial charge in [0.15, 0.2) is 0 Å². The van der Waals surface area contributed by atoms with Crippen LogP contribution in [0.1, 0.15) is 19.8 Å². The fourth-order valence-electron chi connectivity index (χ4n) is 3.85. The molecule has 0 radical (unpaired) electrons. The average Bonchev–Trinajstić information content (AvgIpc) is 3.34. The quantitative estimate of drug-likeness (QED) is 0.459. The van der Waals surface area contributed by atoms with Crippen molar-refractivity contribution in [2.45, 2.75) is 32.0 Å². The van der Waals surface area contributed by atoms with E-state index in [1.54, 1.807) is 11.1 Å². The predicted octanol–water partition coefficient (Wildman–Crippen LogP) is 0.216. The second-order valence-electron chi connectivity index (χ2n) is 7.20. The maximum absolute atomic E-state index is 11.7. The molecule has 1 saturated heterocycles. The van der Waals surface area contributed by atoms with Gasteiger partial charge in [-0.1, -0.05) is 18.5 Å². The predicted molar refractivity (Wildman–Crippen MR) is 108 cm³/mol. The normalized spacial score (nSPS) is 28.9. The highest BCUT2D eigenvalue weighted by Gasteiger charge is 2.30. The zero-order valence-corrected chi connectivity index (χ0v) is 16.5. The summed E-state index contributed by atoms with van der Waals surface area (Å²) >= 11 is 6.16. The summed E-state index contributed by atoms with van der Waals surface area (Å²) in [5.74, 6) is 1.66. The number of fused-ring (bicyclic) bond motifs is 1. The fourth-order valence-corrected chi connectivity index (χ4v) is 4.03. The minimum Gasteiger partial charge on any atom is -0.387 e. The van der Waals surface area contributed by atoms with E-state index in [0.717, 1.165) is 42.2 Å². The van der Waals surface area contributed by atoms with Gasteiger partial charge in [0.25, 0.3) is 0 Å². The molecule has 0 spiro atoms. The third-order valence-corrected chi connectivity index (χ3v) is 5.65. The highest BCUT2D eigenvalue weighted by molar-refractivity contribution is 6.31. The number of rotatable bonds is 4. The smallest absolute Gasteiger partial charge is 0.248 e. The van der Waals surface area contributed by atoms with Crippen LogP contribution < -0.4 is 21.3 Å². The number of allylic oxidation sites excluding steroid dienone is 2. The Hall–Kier alpha value is -2.45. The molecule has 1 fully saturated rings. The number of amides is 1. The van der Waals surface area contributed by atoms with E-state index in [9.17, 15) is 4.79 Å². The van der Waals surface area contributed by atoms with E-state index in [1.807, 2.05) is 12.3 Å². The maximum atomic E-state index is 11.7. The minimum absolute atomic E-state index is 0.102. The van der Waals surface area contributed by atoms with E-state index in [1.165, 1.54) is 5.57 Å². The van der Waals surface area contributed by atoms with Crippen LogP contribution >= 0.6 is 11.6 Å².